The molecule has 2 rings (SSSR count). The van der Waals surface area contributed by atoms with Gasteiger partial charge >= 0.3 is 0 Å². The van der Waals surface area contributed by atoms with E-state index < -0.39 is 0 Å². The van der Waals surface area contributed by atoms with Crippen LogP contribution < -0.4 is 5.32 Å². The van der Waals surface area contributed by atoms with E-state index >= 15 is 0 Å². The number of likely N-dealkylation sites (N-methyl/N-ethyl adjacent to an activating group) is 1. The number of ether oxygens (including phenoxy) is 1. The number of rotatable bonds is 7. The molecule has 0 aromatic rings. The number of hydrogen-bond donors (Lipinski definition) is 1. The molecule has 5 nitrogen and oxygen atoms in total. The highest BCUT2D eigenvalue weighted by Crippen LogP contribution is 2.45. The van der Waals surface area contributed by atoms with E-state index in [0.717, 1.165) is 38.7 Å². The summed E-state index contributed by atoms with van der Waals surface area (Å²) in [5.41, 5.74) is 0.603. The van der Waals surface area contributed by atoms with Gasteiger partial charge in [-0.05, 0) is 38.6 Å². The number of likely N-dealkylation sites (tertiary alicyclic amines) is 1. The molecule has 1 saturated heterocycles. The monoisotopic (exact) mass is 438 g/mol. The zero-order chi connectivity index (χ0) is 15.8. The van der Waals surface area contributed by atoms with Gasteiger partial charge in [-0.15, -0.1) is 24.0 Å². The fourth-order valence-electron chi connectivity index (χ4n) is 3.76. The van der Waals surface area contributed by atoms with Crippen LogP contribution in [-0.4, -0.2) is 75.8 Å². The maximum absolute atomic E-state index is 5.12. The van der Waals surface area contributed by atoms with Gasteiger partial charge in [-0.3, -0.25) is 4.99 Å². The number of guanidine groups is 1. The van der Waals surface area contributed by atoms with Crippen molar-refractivity contribution in [2.24, 2.45) is 10.4 Å². The van der Waals surface area contributed by atoms with Crippen LogP contribution >= 0.6 is 24.0 Å². The normalized spacial score (nSPS) is 20.3. The zero-order valence-corrected chi connectivity index (χ0v) is 17.5. The van der Waals surface area contributed by atoms with Crippen LogP contribution in [0.1, 0.15) is 39.0 Å². The first-order chi connectivity index (χ1) is 10.7. The Morgan fingerprint density at radius 1 is 1.26 bits per heavy atom. The Balaban J connectivity index is 0.00000264. The molecule has 0 atom stereocenters. The summed E-state index contributed by atoms with van der Waals surface area (Å²) in [7, 11) is 3.88. The number of methoxy groups -OCH3 is 1. The summed E-state index contributed by atoms with van der Waals surface area (Å²) in [5.74, 6) is 1.12. The van der Waals surface area contributed by atoms with Crippen LogP contribution in [0.2, 0.25) is 0 Å². The van der Waals surface area contributed by atoms with E-state index in [-0.39, 0.29) is 24.0 Å². The second-order valence-electron chi connectivity index (χ2n) is 6.91. The standard InChI is InChI=1S/C17H34N4O.HI/c1-4-18-16(19-10-12-20(2)13-14-22-3)21-11-9-17(15-21)7-5-6-8-17;/h4-15H2,1-3H3,(H,18,19);1H. The fraction of sp³-hybridized carbons (Fsp3) is 0.941. The van der Waals surface area contributed by atoms with Crippen molar-refractivity contribution < 1.29 is 4.74 Å². The Morgan fingerprint density at radius 3 is 2.65 bits per heavy atom. The minimum absolute atomic E-state index is 0. The van der Waals surface area contributed by atoms with Gasteiger partial charge < -0.3 is 19.9 Å². The Labute approximate surface area is 159 Å². The average molecular weight is 438 g/mol. The van der Waals surface area contributed by atoms with E-state index in [1.165, 1.54) is 45.2 Å². The Morgan fingerprint density at radius 2 is 2.00 bits per heavy atom. The molecule has 1 aliphatic carbocycles. The van der Waals surface area contributed by atoms with Gasteiger partial charge in [0.1, 0.15) is 0 Å². The van der Waals surface area contributed by atoms with Gasteiger partial charge in [0.25, 0.3) is 0 Å². The molecule has 1 aliphatic heterocycles. The van der Waals surface area contributed by atoms with Crippen molar-refractivity contribution in [2.45, 2.75) is 39.0 Å². The van der Waals surface area contributed by atoms with Crippen LogP contribution in [0.3, 0.4) is 0 Å². The number of nitrogens with zero attached hydrogens (tertiary/aromatic N) is 3. The molecule has 0 bridgehead atoms. The summed E-state index contributed by atoms with van der Waals surface area (Å²) in [4.78, 5) is 9.61. The van der Waals surface area contributed by atoms with Crippen molar-refractivity contribution in [1.29, 1.82) is 0 Å². The van der Waals surface area contributed by atoms with Gasteiger partial charge in [0.2, 0.25) is 0 Å². The third-order valence-electron chi connectivity index (χ3n) is 5.16. The van der Waals surface area contributed by atoms with E-state index in [4.69, 9.17) is 9.73 Å². The molecule has 1 saturated carbocycles. The molecule has 6 heteroatoms. The van der Waals surface area contributed by atoms with E-state index in [2.05, 4.69) is 29.1 Å². The van der Waals surface area contributed by atoms with Crippen molar-refractivity contribution in [3.63, 3.8) is 0 Å². The Bertz CT molecular complexity index is 359. The van der Waals surface area contributed by atoms with E-state index in [1.54, 1.807) is 7.11 Å². The largest absolute Gasteiger partial charge is 0.383 e. The predicted octanol–water partition coefficient (Wildman–Crippen LogP) is 2.41. The quantitative estimate of drug-likeness (QED) is 0.377. The van der Waals surface area contributed by atoms with E-state index in [0.29, 0.717) is 5.41 Å². The summed E-state index contributed by atoms with van der Waals surface area (Å²) < 4.78 is 5.12. The molecule has 0 aromatic heterocycles. The Hall–Kier alpha value is -0.0800. The lowest BCUT2D eigenvalue weighted by Crippen LogP contribution is -2.41. The van der Waals surface area contributed by atoms with Crippen molar-refractivity contribution in [3.8, 4) is 0 Å². The third-order valence-corrected chi connectivity index (χ3v) is 5.16. The van der Waals surface area contributed by atoms with Crippen LogP contribution in [0.5, 0.6) is 0 Å². The second kappa shape index (κ2) is 10.7. The first-order valence-corrected chi connectivity index (χ1v) is 8.90. The molecule has 0 radical (unpaired) electrons. The second-order valence-corrected chi connectivity index (χ2v) is 6.91. The lowest BCUT2D eigenvalue weighted by molar-refractivity contribution is 0.163. The van der Waals surface area contributed by atoms with Gasteiger partial charge in [-0.1, -0.05) is 12.8 Å². The molecule has 1 N–H and O–H groups in total. The molecule has 1 heterocycles. The van der Waals surface area contributed by atoms with Gasteiger partial charge in [0.05, 0.1) is 13.2 Å². The highest BCUT2D eigenvalue weighted by Gasteiger charge is 2.41. The van der Waals surface area contributed by atoms with Crippen LogP contribution in [0, 0.1) is 5.41 Å². The summed E-state index contributed by atoms with van der Waals surface area (Å²) in [6.07, 6.45) is 7.04. The molecule has 2 fully saturated rings. The van der Waals surface area contributed by atoms with Crippen LogP contribution in [0.15, 0.2) is 4.99 Å². The molecule has 0 amide bonds. The molecule has 23 heavy (non-hydrogen) atoms. The van der Waals surface area contributed by atoms with Crippen LogP contribution in [0.25, 0.3) is 0 Å². The Kier molecular flexibility index (Phi) is 9.77. The van der Waals surface area contributed by atoms with Gasteiger partial charge in [-0.2, -0.15) is 0 Å². The summed E-state index contributed by atoms with van der Waals surface area (Å²) in [6, 6.07) is 0. The first-order valence-electron chi connectivity index (χ1n) is 8.90. The lowest BCUT2D eigenvalue weighted by Gasteiger charge is -2.26. The van der Waals surface area contributed by atoms with Gasteiger partial charge in [0, 0.05) is 39.8 Å². The van der Waals surface area contributed by atoms with E-state index in [9.17, 15) is 0 Å². The summed E-state index contributed by atoms with van der Waals surface area (Å²) in [5, 5.41) is 3.48. The minimum atomic E-state index is 0. The van der Waals surface area contributed by atoms with Crippen molar-refractivity contribution in [3.05, 3.63) is 0 Å². The van der Waals surface area contributed by atoms with Crippen LogP contribution in [-0.2, 0) is 4.74 Å². The molecule has 0 unspecified atom stereocenters. The molecular weight excluding hydrogens is 403 g/mol. The molecule has 1 spiro atoms. The average Bonchev–Trinajstić information content (AvgIpc) is 3.15. The zero-order valence-electron chi connectivity index (χ0n) is 15.1. The third kappa shape index (κ3) is 6.38. The molecule has 0 aromatic carbocycles. The van der Waals surface area contributed by atoms with Crippen LogP contribution in [0.4, 0.5) is 0 Å². The van der Waals surface area contributed by atoms with Gasteiger partial charge in [-0.25, -0.2) is 0 Å². The first kappa shape index (κ1) is 21.0. The summed E-state index contributed by atoms with van der Waals surface area (Å²) in [6.45, 7) is 9.07. The predicted molar refractivity (Wildman–Crippen MR) is 108 cm³/mol. The minimum Gasteiger partial charge on any atom is -0.383 e. The number of aliphatic imine (C=N–C) groups is 1. The van der Waals surface area contributed by atoms with Crippen molar-refractivity contribution in [1.82, 2.24) is 15.1 Å². The molecular formula is C17H35IN4O. The van der Waals surface area contributed by atoms with Gasteiger partial charge in [0.15, 0.2) is 5.96 Å². The van der Waals surface area contributed by atoms with Crippen molar-refractivity contribution in [2.75, 3.05) is 60.0 Å². The smallest absolute Gasteiger partial charge is 0.193 e. The molecule has 136 valence electrons. The number of nitrogens with one attached hydrogen (secondary N) is 1. The lowest BCUT2D eigenvalue weighted by atomic mass is 9.86. The van der Waals surface area contributed by atoms with E-state index in [1.807, 2.05) is 0 Å². The maximum Gasteiger partial charge on any atom is 0.193 e. The van der Waals surface area contributed by atoms with Crippen molar-refractivity contribution >= 4 is 29.9 Å². The molecule has 2 aliphatic rings. The SMILES string of the molecule is CCNC(=NCCN(C)CCOC)N1CCC2(CCCC2)C1.I. The number of hydrogen-bond acceptors (Lipinski definition) is 3. The number of halogens is 1. The highest BCUT2D eigenvalue weighted by molar-refractivity contribution is 14.0. The topological polar surface area (TPSA) is 40.1 Å². The maximum atomic E-state index is 5.12. The highest BCUT2D eigenvalue weighted by atomic mass is 127. The summed E-state index contributed by atoms with van der Waals surface area (Å²) >= 11 is 0. The fourth-order valence-corrected chi connectivity index (χ4v) is 3.76.